The third-order valence-electron chi connectivity index (χ3n) is 3.41. The van der Waals surface area contributed by atoms with E-state index in [0.29, 0.717) is 0 Å². The quantitative estimate of drug-likeness (QED) is 0.548. The summed E-state index contributed by atoms with van der Waals surface area (Å²) in [7, 11) is 6.85. The highest BCUT2D eigenvalue weighted by atomic mass is 15.2. The maximum absolute atomic E-state index is 2.39. The average molecular weight is 186 g/mol. The fourth-order valence-electron chi connectivity index (χ4n) is 2.31. The van der Waals surface area contributed by atoms with Gasteiger partial charge in [-0.3, -0.25) is 0 Å². The van der Waals surface area contributed by atoms with Crippen LogP contribution in [0.1, 0.15) is 26.2 Å². The lowest BCUT2D eigenvalue weighted by molar-refractivity contribution is -0.944. The Balaban J connectivity index is 2.19. The fraction of sp³-hybridized carbons (Fsp3) is 1.00. The van der Waals surface area contributed by atoms with Gasteiger partial charge in [0.15, 0.2) is 0 Å². The number of quaternary nitrogens is 2. The van der Waals surface area contributed by atoms with E-state index < -0.39 is 0 Å². The Bertz CT molecular complexity index is 145. The summed E-state index contributed by atoms with van der Waals surface area (Å²) in [6, 6.07) is 0.953. The van der Waals surface area contributed by atoms with Gasteiger partial charge in [0.25, 0.3) is 0 Å². The molecule has 78 valence electrons. The monoisotopic (exact) mass is 186 g/mol. The van der Waals surface area contributed by atoms with Crippen molar-refractivity contribution < 1.29 is 9.80 Å². The molecule has 0 amide bonds. The molecule has 3 atom stereocenters. The van der Waals surface area contributed by atoms with Gasteiger partial charge in [-0.1, -0.05) is 6.92 Å². The van der Waals surface area contributed by atoms with Crippen LogP contribution in [0, 0.1) is 5.92 Å². The first-order valence-corrected chi connectivity index (χ1v) is 5.71. The largest absolute Gasteiger partial charge is 0.335 e. The summed E-state index contributed by atoms with van der Waals surface area (Å²) >= 11 is 0. The van der Waals surface area contributed by atoms with Crippen LogP contribution in [0.25, 0.3) is 0 Å². The molecule has 0 heterocycles. The molecule has 2 heteroatoms. The standard InChI is InChI=1S/C11H24N2/c1-10-5-6-11(9-10)13(4)8-7-12(2)3/h10-11H,5-9H2,1-4H3/p+2/t10-,11+/m0/s1. The average Bonchev–Trinajstić information content (AvgIpc) is 2.47. The van der Waals surface area contributed by atoms with E-state index in [2.05, 4.69) is 28.1 Å². The molecule has 0 aromatic carbocycles. The molecule has 1 unspecified atom stereocenters. The molecule has 2 nitrogen and oxygen atoms in total. The summed E-state index contributed by atoms with van der Waals surface area (Å²) < 4.78 is 0. The minimum atomic E-state index is 0.953. The highest BCUT2D eigenvalue weighted by Crippen LogP contribution is 2.22. The lowest BCUT2D eigenvalue weighted by Crippen LogP contribution is -3.18. The van der Waals surface area contributed by atoms with Crippen LogP contribution in [0.15, 0.2) is 0 Å². The highest BCUT2D eigenvalue weighted by Gasteiger charge is 2.27. The predicted molar refractivity (Wildman–Crippen MR) is 56.2 cm³/mol. The topological polar surface area (TPSA) is 8.88 Å². The molecule has 0 aromatic rings. The van der Waals surface area contributed by atoms with Crippen molar-refractivity contribution in [3.05, 3.63) is 0 Å². The summed E-state index contributed by atoms with van der Waals surface area (Å²) in [5, 5.41) is 0. The van der Waals surface area contributed by atoms with Crippen molar-refractivity contribution >= 4 is 0 Å². The molecule has 1 aliphatic rings. The Hall–Kier alpha value is -0.0800. The van der Waals surface area contributed by atoms with Crippen LogP contribution in [0.4, 0.5) is 0 Å². The summed E-state index contributed by atoms with van der Waals surface area (Å²) in [6.07, 6.45) is 4.36. The molecule has 13 heavy (non-hydrogen) atoms. The van der Waals surface area contributed by atoms with Crippen LogP contribution in [-0.2, 0) is 0 Å². The van der Waals surface area contributed by atoms with Crippen molar-refractivity contribution in [2.45, 2.75) is 32.2 Å². The molecular weight excluding hydrogens is 160 g/mol. The summed E-state index contributed by atoms with van der Waals surface area (Å²) in [4.78, 5) is 3.33. The van der Waals surface area contributed by atoms with Gasteiger partial charge < -0.3 is 9.80 Å². The van der Waals surface area contributed by atoms with Crippen LogP contribution in [0.2, 0.25) is 0 Å². The van der Waals surface area contributed by atoms with Gasteiger partial charge in [-0.25, -0.2) is 0 Å². The minimum absolute atomic E-state index is 0.953. The van der Waals surface area contributed by atoms with Crippen LogP contribution in [0.5, 0.6) is 0 Å². The van der Waals surface area contributed by atoms with Crippen molar-refractivity contribution in [2.75, 3.05) is 34.2 Å². The van der Waals surface area contributed by atoms with Gasteiger partial charge in [-0.05, 0) is 18.8 Å². The molecule has 0 aliphatic heterocycles. The molecule has 2 N–H and O–H groups in total. The maximum Gasteiger partial charge on any atom is 0.127 e. The number of likely N-dealkylation sites (N-methyl/N-ethyl adjacent to an activating group) is 2. The second-order valence-electron chi connectivity index (χ2n) is 5.17. The number of hydrogen-bond donors (Lipinski definition) is 2. The smallest absolute Gasteiger partial charge is 0.127 e. The van der Waals surface area contributed by atoms with Crippen LogP contribution in [-0.4, -0.2) is 40.3 Å². The Labute approximate surface area is 82.9 Å². The zero-order valence-corrected chi connectivity index (χ0v) is 9.69. The van der Waals surface area contributed by atoms with Gasteiger partial charge in [0, 0.05) is 6.42 Å². The van der Waals surface area contributed by atoms with E-state index in [9.17, 15) is 0 Å². The van der Waals surface area contributed by atoms with Crippen LogP contribution < -0.4 is 9.80 Å². The Morgan fingerprint density at radius 2 is 1.77 bits per heavy atom. The number of hydrogen-bond acceptors (Lipinski definition) is 0. The Kier molecular flexibility index (Phi) is 4.20. The maximum atomic E-state index is 2.39. The van der Waals surface area contributed by atoms with Crippen molar-refractivity contribution in [1.82, 2.24) is 0 Å². The predicted octanol–water partition coefficient (Wildman–Crippen LogP) is -1.17. The fourth-order valence-corrected chi connectivity index (χ4v) is 2.31. The molecule has 0 bridgehead atoms. The normalized spacial score (nSPS) is 31.2. The number of nitrogens with one attached hydrogen (secondary N) is 2. The van der Waals surface area contributed by atoms with Gasteiger partial charge in [-0.2, -0.15) is 0 Å². The molecular formula is C11H26N2+2. The van der Waals surface area contributed by atoms with Gasteiger partial charge in [0.05, 0.1) is 27.2 Å². The van der Waals surface area contributed by atoms with Crippen LogP contribution >= 0.6 is 0 Å². The van der Waals surface area contributed by atoms with Gasteiger partial charge in [0.1, 0.15) is 13.1 Å². The van der Waals surface area contributed by atoms with E-state index in [4.69, 9.17) is 0 Å². The molecule has 1 saturated carbocycles. The molecule has 0 radical (unpaired) electrons. The summed E-state index contributed by atoms with van der Waals surface area (Å²) in [6.45, 7) is 5.03. The van der Waals surface area contributed by atoms with Gasteiger partial charge in [-0.15, -0.1) is 0 Å². The summed E-state index contributed by atoms with van der Waals surface area (Å²) in [5.41, 5.74) is 0. The van der Waals surface area contributed by atoms with E-state index in [1.165, 1.54) is 32.4 Å². The van der Waals surface area contributed by atoms with Crippen LogP contribution in [0.3, 0.4) is 0 Å². The first kappa shape index (κ1) is 11.0. The first-order valence-electron chi connectivity index (χ1n) is 5.71. The van der Waals surface area contributed by atoms with E-state index in [-0.39, 0.29) is 0 Å². The van der Waals surface area contributed by atoms with E-state index in [1.807, 2.05) is 0 Å². The van der Waals surface area contributed by atoms with E-state index >= 15 is 0 Å². The lowest BCUT2D eigenvalue weighted by atomic mass is 10.1. The minimum Gasteiger partial charge on any atom is -0.335 e. The van der Waals surface area contributed by atoms with Crippen molar-refractivity contribution in [1.29, 1.82) is 0 Å². The van der Waals surface area contributed by atoms with E-state index in [1.54, 1.807) is 9.80 Å². The Morgan fingerprint density at radius 1 is 1.08 bits per heavy atom. The molecule has 1 fully saturated rings. The Morgan fingerprint density at radius 3 is 2.23 bits per heavy atom. The molecule has 1 aliphatic carbocycles. The van der Waals surface area contributed by atoms with Gasteiger partial charge in [0.2, 0.25) is 0 Å². The zero-order chi connectivity index (χ0) is 9.84. The molecule has 1 rings (SSSR count). The third kappa shape index (κ3) is 3.65. The van der Waals surface area contributed by atoms with Crippen molar-refractivity contribution in [3.8, 4) is 0 Å². The van der Waals surface area contributed by atoms with Crippen molar-refractivity contribution in [2.24, 2.45) is 5.92 Å². The van der Waals surface area contributed by atoms with Crippen molar-refractivity contribution in [3.63, 3.8) is 0 Å². The first-order chi connectivity index (χ1) is 6.09. The second kappa shape index (κ2) is 4.97. The number of rotatable bonds is 4. The zero-order valence-electron chi connectivity index (χ0n) is 9.69. The third-order valence-corrected chi connectivity index (χ3v) is 3.41. The molecule has 0 spiro atoms. The highest BCUT2D eigenvalue weighted by molar-refractivity contribution is 4.71. The summed E-state index contributed by atoms with van der Waals surface area (Å²) in [5.74, 6) is 0.978. The van der Waals surface area contributed by atoms with Gasteiger partial charge >= 0.3 is 0 Å². The molecule has 0 aromatic heterocycles. The van der Waals surface area contributed by atoms with E-state index in [0.717, 1.165) is 12.0 Å². The SMILES string of the molecule is C[C@H]1CC[C@@H]([NH+](C)CC[NH+](C)C)C1. The molecule has 0 saturated heterocycles. The lowest BCUT2D eigenvalue weighted by Gasteiger charge is -2.21. The second-order valence-corrected chi connectivity index (χ2v) is 5.17.